The molecule has 2 N–H and O–H groups in total. The molecule has 2 fully saturated rings. The van der Waals surface area contributed by atoms with Crippen LogP contribution < -0.4 is 10.5 Å². The third-order valence-electron chi connectivity index (χ3n) is 6.86. The molecule has 1 saturated carbocycles. The van der Waals surface area contributed by atoms with E-state index in [1.807, 2.05) is 13.8 Å². The van der Waals surface area contributed by atoms with Gasteiger partial charge >= 0.3 is 6.09 Å². The van der Waals surface area contributed by atoms with Crippen LogP contribution in [0, 0.1) is 23.0 Å². The zero-order valence-electron chi connectivity index (χ0n) is 20.6. The third-order valence-corrected chi connectivity index (χ3v) is 6.86. The van der Waals surface area contributed by atoms with Gasteiger partial charge in [-0.1, -0.05) is 0 Å². The van der Waals surface area contributed by atoms with Gasteiger partial charge in [0.25, 0.3) is 5.91 Å². The molecule has 1 saturated heterocycles. The van der Waals surface area contributed by atoms with Crippen molar-refractivity contribution in [2.75, 3.05) is 33.3 Å². The fourth-order valence-corrected chi connectivity index (χ4v) is 5.11. The van der Waals surface area contributed by atoms with Crippen molar-refractivity contribution in [3.05, 3.63) is 29.3 Å². The summed E-state index contributed by atoms with van der Waals surface area (Å²) in [5, 5.41) is 0. The second-order valence-electron chi connectivity index (χ2n) is 10.1. The van der Waals surface area contributed by atoms with Crippen molar-refractivity contribution in [1.29, 1.82) is 0 Å². The normalized spacial score (nSPS) is 17.3. The van der Waals surface area contributed by atoms with E-state index in [1.54, 1.807) is 4.90 Å². The molecular weight excluding hydrogens is 460 g/mol. The quantitative estimate of drug-likeness (QED) is 0.526. The van der Waals surface area contributed by atoms with Gasteiger partial charge in [-0.3, -0.25) is 9.59 Å². The predicted molar refractivity (Wildman–Crippen MR) is 125 cm³/mol. The van der Waals surface area contributed by atoms with Crippen LogP contribution >= 0.6 is 0 Å². The molecule has 0 bridgehead atoms. The number of nitrogens with two attached hydrogens (primary N) is 1. The van der Waals surface area contributed by atoms with E-state index in [2.05, 4.69) is 0 Å². The minimum absolute atomic E-state index is 0.0137. The number of hydrogen-bond donors (Lipinski definition) is 1. The summed E-state index contributed by atoms with van der Waals surface area (Å²) >= 11 is 0. The lowest BCUT2D eigenvalue weighted by Crippen LogP contribution is -2.49. The van der Waals surface area contributed by atoms with E-state index in [9.17, 15) is 23.2 Å². The molecule has 1 aromatic rings. The Bertz CT molecular complexity index is 916. The number of likely N-dealkylation sites (tertiary alicyclic amines) is 1. The number of amides is 3. The lowest BCUT2D eigenvalue weighted by Gasteiger charge is -2.52. The summed E-state index contributed by atoms with van der Waals surface area (Å²) in [6.07, 6.45) is 5.59. The summed E-state index contributed by atoms with van der Waals surface area (Å²) in [5.41, 5.74) is 4.59. The molecule has 0 radical (unpaired) electrons. The van der Waals surface area contributed by atoms with Crippen molar-refractivity contribution in [2.45, 2.75) is 58.5 Å². The third kappa shape index (κ3) is 6.82. The highest BCUT2D eigenvalue weighted by molar-refractivity contribution is 5.96. The van der Waals surface area contributed by atoms with E-state index in [-0.39, 0.29) is 17.9 Å². The van der Waals surface area contributed by atoms with E-state index in [0.29, 0.717) is 17.9 Å². The Hall–Kier alpha value is -2.91. The van der Waals surface area contributed by atoms with Gasteiger partial charge in [0.2, 0.25) is 5.91 Å². The lowest BCUT2D eigenvalue weighted by atomic mass is 9.56. The van der Waals surface area contributed by atoms with E-state index in [4.69, 9.17) is 15.2 Å². The molecule has 1 aromatic carbocycles. The van der Waals surface area contributed by atoms with Crippen LogP contribution in [0.25, 0.3) is 0 Å². The number of rotatable bonds is 9. The lowest BCUT2D eigenvalue weighted by molar-refractivity contribution is -0.118. The minimum atomic E-state index is -1.05. The number of primary amides is 1. The summed E-state index contributed by atoms with van der Waals surface area (Å²) in [4.78, 5) is 37.9. The largest absolute Gasteiger partial charge is 0.493 e. The number of piperidine rings is 1. The second-order valence-corrected chi connectivity index (χ2v) is 10.1. The molecule has 0 aromatic heterocycles. The first kappa shape index (κ1) is 26.7. The average Bonchev–Trinajstić information content (AvgIpc) is 2.74. The summed E-state index contributed by atoms with van der Waals surface area (Å²) < 4.78 is 39.6. The van der Waals surface area contributed by atoms with Gasteiger partial charge < -0.3 is 25.0 Å². The van der Waals surface area contributed by atoms with Crippen LogP contribution in [0.1, 0.15) is 62.7 Å². The van der Waals surface area contributed by atoms with Crippen molar-refractivity contribution in [3.8, 4) is 5.75 Å². The number of ether oxygens (including phenoxy) is 2. The van der Waals surface area contributed by atoms with E-state index < -0.39 is 35.6 Å². The average molecular weight is 496 g/mol. The highest BCUT2D eigenvalue weighted by atomic mass is 19.1. The smallest absolute Gasteiger partial charge is 0.410 e. The monoisotopic (exact) mass is 495 g/mol. The molecule has 1 spiro atoms. The fourth-order valence-electron chi connectivity index (χ4n) is 5.11. The Morgan fingerprint density at radius 1 is 1.17 bits per heavy atom. The highest BCUT2D eigenvalue weighted by Gasteiger charge is 2.46. The highest BCUT2D eigenvalue weighted by Crippen LogP contribution is 2.54. The molecule has 0 unspecified atom stereocenters. The van der Waals surface area contributed by atoms with E-state index in [1.165, 1.54) is 7.05 Å². The SMILES string of the molecule is CC(C)OC(=O)N1CCC2(CC1)CC(CCCOc1cc(F)c(C(=O)N(C)CC(N)=O)c(F)c1)C2. The molecule has 1 aliphatic carbocycles. The Kier molecular flexibility index (Phi) is 8.56. The summed E-state index contributed by atoms with van der Waals surface area (Å²) in [7, 11) is 1.24. The zero-order chi connectivity index (χ0) is 25.8. The number of carbonyl (C=O) groups excluding carboxylic acids is 3. The zero-order valence-corrected chi connectivity index (χ0v) is 20.6. The molecule has 8 nitrogen and oxygen atoms in total. The maximum Gasteiger partial charge on any atom is 0.410 e. The predicted octanol–water partition coefficient (Wildman–Crippen LogP) is 3.72. The first-order chi connectivity index (χ1) is 16.5. The maximum absolute atomic E-state index is 14.4. The van der Waals surface area contributed by atoms with Crippen molar-refractivity contribution in [3.63, 3.8) is 0 Å². The van der Waals surface area contributed by atoms with Gasteiger partial charge in [-0.15, -0.1) is 0 Å². The van der Waals surface area contributed by atoms with E-state index in [0.717, 1.165) is 68.6 Å². The van der Waals surface area contributed by atoms with Crippen molar-refractivity contribution in [1.82, 2.24) is 9.80 Å². The number of halogens is 2. The molecule has 0 atom stereocenters. The van der Waals surface area contributed by atoms with Gasteiger partial charge in [0, 0.05) is 32.3 Å². The summed E-state index contributed by atoms with van der Waals surface area (Å²) in [6, 6.07) is 1.95. The molecule has 3 amide bonds. The van der Waals surface area contributed by atoms with Crippen molar-refractivity contribution >= 4 is 17.9 Å². The second kappa shape index (κ2) is 11.2. The molecule has 1 heterocycles. The molecule has 35 heavy (non-hydrogen) atoms. The van der Waals surface area contributed by atoms with Crippen LogP contribution in [0.2, 0.25) is 0 Å². The molecular formula is C25H35F2N3O5. The van der Waals surface area contributed by atoms with Gasteiger partial charge in [-0.05, 0) is 63.7 Å². The Balaban J connectivity index is 1.39. The van der Waals surface area contributed by atoms with Gasteiger partial charge in [-0.25, -0.2) is 13.6 Å². The fraction of sp³-hybridized carbons (Fsp3) is 0.640. The maximum atomic E-state index is 14.4. The van der Waals surface area contributed by atoms with Crippen molar-refractivity contribution in [2.24, 2.45) is 17.1 Å². The summed E-state index contributed by atoms with van der Waals surface area (Å²) in [6.45, 7) is 5.03. The minimum Gasteiger partial charge on any atom is -0.493 e. The summed E-state index contributed by atoms with van der Waals surface area (Å²) in [5.74, 6) is -3.25. The molecule has 194 valence electrons. The van der Waals surface area contributed by atoms with Crippen LogP contribution in [0.15, 0.2) is 12.1 Å². The number of carbonyl (C=O) groups is 3. The first-order valence-electron chi connectivity index (χ1n) is 12.1. The topological polar surface area (TPSA) is 102 Å². The molecule has 3 rings (SSSR count). The number of benzene rings is 1. The Labute approximate surface area is 204 Å². The van der Waals surface area contributed by atoms with E-state index >= 15 is 0 Å². The van der Waals surface area contributed by atoms with Crippen LogP contribution in [0.4, 0.5) is 13.6 Å². The van der Waals surface area contributed by atoms with Gasteiger partial charge in [0.1, 0.15) is 22.9 Å². The van der Waals surface area contributed by atoms with Crippen molar-refractivity contribution < 1.29 is 32.6 Å². The van der Waals surface area contributed by atoms with Gasteiger partial charge in [0.05, 0.1) is 19.3 Å². The van der Waals surface area contributed by atoms with Crippen LogP contribution in [0.5, 0.6) is 5.75 Å². The Morgan fingerprint density at radius 2 is 1.77 bits per heavy atom. The number of likely N-dealkylation sites (N-methyl/N-ethyl adjacent to an activating group) is 1. The first-order valence-corrected chi connectivity index (χ1v) is 12.1. The number of hydrogen-bond acceptors (Lipinski definition) is 5. The molecule has 10 heteroatoms. The van der Waals surface area contributed by atoms with Crippen LogP contribution in [0.3, 0.4) is 0 Å². The van der Waals surface area contributed by atoms with Gasteiger partial charge in [0.15, 0.2) is 0 Å². The standard InChI is InChI=1S/C25H35F2N3O5/c1-16(2)35-24(33)30-8-6-25(7-9-30)13-17(14-25)5-4-10-34-18-11-19(26)22(20(27)12-18)23(32)29(3)15-21(28)31/h11-12,16-17H,4-10,13-15H2,1-3H3,(H2,28,31). The molecule has 1 aliphatic heterocycles. The van der Waals surface area contributed by atoms with Crippen LogP contribution in [-0.4, -0.2) is 67.1 Å². The Morgan fingerprint density at radius 3 is 2.31 bits per heavy atom. The van der Waals surface area contributed by atoms with Crippen LogP contribution in [-0.2, 0) is 9.53 Å². The van der Waals surface area contributed by atoms with Gasteiger partial charge in [-0.2, -0.15) is 0 Å². The number of nitrogens with zero attached hydrogens (tertiary/aromatic N) is 2. The molecule has 2 aliphatic rings.